The van der Waals surface area contributed by atoms with Crippen molar-refractivity contribution >= 4 is 62.7 Å². The number of hydrogen-bond donors (Lipinski definition) is 4. The molecule has 5 aliphatic rings. The third kappa shape index (κ3) is 10.0. The molecule has 4 N–H and O–H groups in total. The predicted molar refractivity (Wildman–Crippen MR) is 239 cm³/mol. The first-order valence-electron chi connectivity index (χ1n) is 22.5. The molecular weight excluding hydrogens is 848 g/mol. The van der Waals surface area contributed by atoms with Gasteiger partial charge in [0.1, 0.15) is 46.6 Å². The second kappa shape index (κ2) is 18.3. The van der Waals surface area contributed by atoms with Crippen molar-refractivity contribution < 1.29 is 43.2 Å². The summed E-state index contributed by atoms with van der Waals surface area (Å²) in [7, 11) is 0. The van der Waals surface area contributed by atoms with Crippen LogP contribution in [-0.4, -0.2) is 113 Å². The third-order valence-electron chi connectivity index (χ3n) is 13.5. The Kier molecular flexibility index (Phi) is 13.2. The molecule has 17 heteroatoms. The summed E-state index contributed by atoms with van der Waals surface area (Å²) in [5.41, 5.74) is -0.577. The number of amides is 2. The highest BCUT2D eigenvalue weighted by Crippen LogP contribution is 2.53. The average molecular weight is 910 g/mol. The molecule has 1 aliphatic heterocycles. The number of anilines is 1. The van der Waals surface area contributed by atoms with Crippen molar-refractivity contribution in [3.05, 3.63) is 28.6 Å². The van der Waals surface area contributed by atoms with Gasteiger partial charge in [-0.15, -0.1) is 11.3 Å². The maximum absolute atomic E-state index is 14.9. The Hall–Kier alpha value is -4.25. The van der Waals surface area contributed by atoms with Gasteiger partial charge in [0.2, 0.25) is 5.91 Å². The summed E-state index contributed by atoms with van der Waals surface area (Å²) in [6.07, 6.45) is 2.50. The van der Waals surface area contributed by atoms with Gasteiger partial charge in [0, 0.05) is 48.4 Å². The number of rotatable bonds is 17. The van der Waals surface area contributed by atoms with Gasteiger partial charge >= 0.3 is 12.1 Å². The van der Waals surface area contributed by atoms with Gasteiger partial charge < -0.3 is 40.0 Å². The van der Waals surface area contributed by atoms with Gasteiger partial charge in [0.15, 0.2) is 10.9 Å². The smallest absolute Gasteiger partial charge is 0.408 e. The fourth-order valence-electron chi connectivity index (χ4n) is 9.83. The van der Waals surface area contributed by atoms with E-state index in [0.717, 1.165) is 31.1 Å². The molecule has 342 valence electrons. The zero-order chi connectivity index (χ0) is 44.8. The lowest BCUT2D eigenvalue weighted by Gasteiger charge is -2.33. The molecule has 3 aromatic rings. The number of aromatic nitrogens is 2. The van der Waals surface area contributed by atoms with E-state index in [1.807, 2.05) is 53.0 Å². The predicted octanol–water partition coefficient (Wildman–Crippen LogP) is 7.19. The lowest BCUT2D eigenvalue weighted by Crippen LogP contribution is -2.54. The molecule has 8 rings (SSSR count). The van der Waals surface area contributed by atoms with Gasteiger partial charge in [-0.1, -0.05) is 45.7 Å². The molecule has 4 saturated carbocycles. The Morgan fingerprint density at radius 2 is 1.73 bits per heavy atom. The van der Waals surface area contributed by atoms with E-state index in [2.05, 4.69) is 20.9 Å². The number of carbonyl (C=O) groups excluding carboxylic acids is 3. The third-order valence-corrected chi connectivity index (χ3v) is 14.7. The maximum atomic E-state index is 14.9. The molecule has 5 fully saturated rings. The van der Waals surface area contributed by atoms with Crippen LogP contribution in [-0.2, 0) is 23.9 Å². The molecule has 63 heavy (non-hydrogen) atoms. The number of benzene rings is 1. The minimum absolute atomic E-state index is 0.121. The number of hydrogen-bond acceptors (Lipinski definition) is 13. The van der Waals surface area contributed by atoms with Crippen molar-refractivity contribution in [1.29, 1.82) is 0 Å². The van der Waals surface area contributed by atoms with E-state index in [1.54, 1.807) is 12.1 Å². The number of thiazole rings is 1. The standard InChI is InChI=1S/C46H61ClN6O9S/c1-7-27-22-46(27,42(56)57)52-41(55)32-20-29(19-31(32)39(54)40(45(4,5)6)51-44(58)62-28-17-25-16-26(25)18-28)61-36-21-33(34-23-63-43(50-34)48-24(2)3)49-38-30(36)8-9-35(37(38)47)60-15-12-53-10-13-59-14-11-53/h8-9,21,23-29,31-32,40H,7,10-20,22H2,1-6H3,(H,48,50)(H,51,58)(H,52,55)(H,56,57)/t25-,26+,27-,28?,29-,31?,32+,40+,46+/m0/s1. The number of ketones is 1. The Balaban J connectivity index is 1.09. The Morgan fingerprint density at radius 1 is 1.00 bits per heavy atom. The number of carbonyl (C=O) groups is 4. The van der Waals surface area contributed by atoms with Crippen LogP contribution >= 0.6 is 22.9 Å². The molecule has 1 aromatic carbocycles. The van der Waals surface area contributed by atoms with Gasteiger partial charge in [0.25, 0.3) is 0 Å². The van der Waals surface area contributed by atoms with Gasteiger partial charge in [-0.2, -0.15) is 0 Å². The van der Waals surface area contributed by atoms with Crippen molar-refractivity contribution in [1.82, 2.24) is 25.5 Å². The van der Waals surface area contributed by atoms with Crippen LogP contribution in [0.3, 0.4) is 0 Å². The largest absolute Gasteiger partial charge is 0.491 e. The number of halogens is 1. The first kappa shape index (κ1) is 45.3. The summed E-state index contributed by atoms with van der Waals surface area (Å²) >= 11 is 8.57. The van der Waals surface area contributed by atoms with Crippen molar-refractivity contribution in [2.45, 2.75) is 116 Å². The summed E-state index contributed by atoms with van der Waals surface area (Å²) in [4.78, 5) is 67.3. The number of morpholine rings is 1. The zero-order valence-corrected chi connectivity index (χ0v) is 38.6. The molecule has 0 radical (unpaired) electrons. The highest BCUT2D eigenvalue weighted by Gasteiger charge is 2.62. The number of aliphatic carboxylic acids is 1. The van der Waals surface area contributed by atoms with Crippen LogP contribution in [0.15, 0.2) is 23.6 Å². The van der Waals surface area contributed by atoms with E-state index in [1.165, 1.54) is 17.8 Å². The number of carboxylic acid groups (broad SMARTS) is 1. The SMILES string of the molecule is CC[C@H]1C[C@]1(NC(=O)[C@@H]1C[C@@H](Oc2cc(-c3csc(NC(C)C)n3)nc3c(Cl)c(OCCN4CCOCC4)ccc23)CC1C(=O)[C@@H](NC(=O)OC1C[C@@H]2C[C@@H]2C1)C(C)(C)C)C(=O)O. The number of fused-ring (bicyclic) bond motifs is 2. The summed E-state index contributed by atoms with van der Waals surface area (Å²) in [5.74, 6) is -1.89. The summed E-state index contributed by atoms with van der Waals surface area (Å²) in [6, 6.07) is 4.61. The molecule has 9 atom stereocenters. The fourth-order valence-corrected chi connectivity index (χ4v) is 10.9. The molecule has 0 bridgehead atoms. The number of alkyl carbamates (subject to hydrolysis) is 1. The number of Topliss-reactive ketones (excluding diaryl/α,β-unsaturated/α-hetero) is 1. The van der Waals surface area contributed by atoms with Crippen LogP contribution in [0.2, 0.25) is 5.02 Å². The van der Waals surface area contributed by atoms with Crippen LogP contribution in [0.4, 0.5) is 9.93 Å². The van der Waals surface area contributed by atoms with Crippen molar-refractivity contribution in [3.8, 4) is 22.9 Å². The summed E-state index contributed by atoms with van der Waals surface area (Å²) < 4.78 is 24.4. The minimum atomic E-state index is -1.39. The molecule has 0 spiro atoms. The van der Waals surface area contributed by atoms with Crippen molar-refractivity contribution in [3.63, 3.8) is 0 Å². The molecule has 2 unspecified atom stereocenters. The first-order valence-corrected chi connectivity index (χ1v) is 23.8. The highest BCUT2D eigenvalue weighted by molar-refractivity contribution is 7.14. The van der Waals surface area contributed by atoms with Crippen LogP contribution < -0.4 is 25.4 Å². The maximum Gasteiger partial charge on any atom is 0.408 e. The minimum Gasteiger partial charge on any atom is -0.491 e. The molecule has 4 aliphatic carbocycles. The fraction of sp³-hybridized carbons (Fsp3) is 0.652. The topological polar surface area (TPSA) is 191 Å². The van der Waals surface area contributed by atoms with Crippen LogP contribution in [0.5, 0.6) is 11.5 Å². The Bertz CT molecular complexity index is 2200. The Morgan fingerprint density at radius 3 is 2.40 bits per heavy atom. The van der Waals surface area contributed by atoms with E-state index in [-0.39, 0.29) is 36.7 Å². The normalized spacial score (nSPS) is 28.3. The van der Waals surface area contributed by atoms with Crippen molar-refractivity contribution in [2.24, 2.45) is 35.0 Å². The first-order chi connectivity index (χ1) is 30.0. The molecular formula is C46H61ClN6O9S. The molecule has 15 nitrogen and oxygen atoms in total. The second-order valence-corrected chi connectivity index (χ2v) is 20.8. The second-order valence-electron chi connectivity index (χ2n) is 19.5. The van der Waals surface area contributed by atoms with E-state index in [4.69, 9.17) is 40.5 Å². The number of carboxylic acids is 1. The zero-order valence-electron chi connectivity index (χ0n) is 37.0. The lowest BCUT2D eigenvalue weighted by molar-refractivity contribution is -0.145. The van der Waals surface area contributed by atoms with Gasteiger partial charge in [0.05, 0.1) is 36.4 Å². The van der Waals surface area contributed by atoms with Crippen LogP contribution in [0, 0.1) is 35.0 Å². The number of nitrogens with zero attached hydrogens (tertiary/aromatic N) is 3. The average Bonchev–Trinajstić information content (AvgIpc) is 3.91. The number of pyridine rings is 1. The van der Waals surface area contributed by atoms with E-state index in [9.17, 15) is 24.3 Å². The summed E-state index contributed by atoms with van der Waals surface area (Å²) in [5, 5.41) is 22.9. The summed E-state index contributed by atoms with van der Waals surface area (Å²) in [6.45, 7) is 15.7. The van der Waals surface area contributed by atoms with Crippen LogP contribution in [0.1, 0.15) is 86.5 Å². The number of nitrogens with one attached hydrogen (secondary N) is 3. The molecule has 1 saturated heterocycles. The molecule has 3 heterocycles. The van der Waals surface area contributed by atoms with Gasteiger partial charge in [-0.05, 0) is 87.7 Å². The van der Waals surface area contributed by atoms with E-state index in [0.29, 0.717) is 89.9 Å². The van der Waals surface area contributed by atoms with Crippen LogP contribution in [0.25, 0.3) is 22.3 Å². The molecule has 2 amide bonds. The highest BCUT2D eigenvalue weighted by atomic mass is 35.5. The lowest BCUT2D eigenvalue weighted by atomic mass is 9.77. The van der Waals surface area contributed by atoms with Crippen molar-refractivity contribution in [2.75, 3.05) is 44.8 Å². The monoisotopic (exact) mass is 908 g/mol. The van der Waals surface area contributed by atoms with E-state index >= 15 is 0 Å². The van der Waals surface area contributed by atoms with Gasteiger partial charge in [-0.25, -0.2) is 19.6 Å². The number of ether oxygens (including phenoxy) is 4. The van der Waals surface area contributed by atoms with E-state index < -0.39 is 52.9 Å². The van der Waals surface area contributed by atoms with Gasteiger partial charge in [-0.3, -0.25) is 14.5 Å². The molecule has 2 aromatic heterocycles. The quantitative estimate of drug-likeness (QED) is 0.107. The Labute approximate surface area is 377 Å².